The molecule has 2 amide bonds. The van der Waals surface area contributed by atoms with Crippen molar-refractivity contribution in [1.82, 2.24) is 20.4 Å². The summed E-state index contributed by atoms with van der Waals surface area (Å²) in [4.78, 5) is 12.3. The first-order valence-electron chi connectivity index (χ1n) is 10.2. The summed E-state index contributed by atoms with van der Waals surface area (Å²) >= 11 is 0. The number of hydrogen-bond acceptors (Lipinski definition) is 4. The zero-order chi connectivity index (χ0) is 21.8. The van der Waals surface area contributed by atoms with Gasteiger partial charge in [-0.2, -0.15) is 5.10 Å². The molecule has 2 heterocycles. The summed E-state index contributed by atoms with van der Waals surface area (Å²) in [5.41, 5.74) is 3.61. The van der Waals surface area contributed by atoms with Gasteiger partial charge < -0.3 is 20.1 Å². The van der Waals surface area contributed by atoms with Gasteiger partial charge in [0.1, 0.15) is 19.0 Å². The number of fused-ring (bicyclic) bond motifs is 1. The third kappa shape index (κ3) is 4.79. The molecule has 8 heteroatoms. The predicted molar refractivity (Wildman–Crippen MR) is 114 cm³/mol. The maximum absolute atomic E-state index is 13.2. The van der Waals surface area contributed by atoms with Gasteiger partial charge in [0.15, 0.2) is 11.5 Å². The van der Waals surface area contributed by atoms with Gasteiger partial charge in [-0.15, -0.1) is 0 Å². The van der Waals surface area contributed by atoms with Crippen LogP contribution in [-0.4, -0.2) is 35.6 Å². The highest BCUT2D eigenvalue weighted by Gasteiger charge is 2.16. The van der Waals surface area contributed by atoms with Crippen molar-refractivity contribution in [1.29, 1.82) is 0 Å². The number of benzene rings is 2. The van der Waals surface area contributed by atoms with Crippen molar-refractivity contribution >= 4 is 6.03 Å². The molecule has 0 fully saturated rings. The Hall–Kier alpha value is -3.55. The fourth-order valence-corrected chi connectivity index (χ4v) is 3.58. The number of halogens is 1. The van der Waals surface area contributed by atoms with Crippen LogP contribution in [0.4, 0.5) is 9.18 Å². The zero-order valence-electron chi connectivity index (χ0n) is 17.5. The quantitative estimate of drug-likeness (QED) is 0.633. The van der Waals surface area contributed by atoms with E-state index in [1.165, 1.54) is 12.1 Å². The van der Waals surface area contributed by atoms with Gasteiger partial charge in [0.25, 0.3) is 0 Å². The summed E-state index contributed by atoms with van der Waals surface area (Å²) in [7, 11) is 0. The van der Waals surface area contributed by atoms with E-state index >= 15 is 0 Å². The van der Waals surface area contributed by atoms with Gasteiger partial charge in [0, 0.05) is 17.8 Å². The summed E-state index contributed by atoms with van der Waals surface area (Å²) in [6.45, 7) is 5.43. The van der Waals surface area contributed by atoms with Crippen molar-refractivity contribution in [2.45, 2.75) is 26.3 Å². The lowest BCUT2D eigenvalue weighted by Gasteiger charge is -2.19. The molecule has 1 unspecified atom stereocenters. The average molecular weight is 424 g/mol. The SMILES string of the molecule is Cc1c(C(C)NC(=O)NCCc2ccc3c(c2)OCCO3)cnn1-c1ccc(F)cc1. The minimum atomic E-state index is -0.295. The molecule has 7 nitrogen and oxygen atoms in total. The van der Waals surface area contributed by atoms with Crippen LogP contribution < -0.4 is 20.1 Å². The first kappa shape index (κ1) is 20.7. The molecule has 1 aromatic heterocycles. The van der Waals surface area contributed by atoms with E-state index in [1.807, 2.05) is 32.0 Å². The normalized spacial score (nSPS) is 13.5. The second-order valence-electron chi connectivity index (χ2n) is 7.42. The van der Waals surface area contributed by atoms with Crippen LogP contribution in [-0.2, 0) is 6.42 Å². The molecule has 0 radical (unpaired) electrons. The number of hydrogen-bond donors (Lipinski definition) is 2. The van der Waals surface area contributed by atoms with E-state index in [1.54, 1.807) is 23.0 Å². The highest BCUT2D eigenvalue weighted by atomic mass is 19.1. The third-order valence-corrected chi connectivity index (χ3v) is 5.24. The highest BCUT2D eigenvalue weighted by Crippen LogP contribution is 2.30. The monoisotopic (exact) mass is 424 g/mol. The second kappa shape index (κ2) is 9.07. The molecular weight excluding hydrogens is 399 g/mol. The van der Waals surface area contributed by atoms with Gasteiger partial charge in [-0.3, -0.25) is 0 Å². The van der Waals surface area contributed by atoms with E-state index in [0.717, 1.165) is 34.0 Å². The Labute approximate surface area is 180 Å². The Morgan fingerprint density at radius 2 is 1.90 bits per heavy atom. The van der Waals surface area contributed by atoms with Crippen molar-refractivity contribution in [2.75, 3.05) is 19.8 Å². The van der Waals surface area contributed by atoms with Crippen LogP contribution in [0.3, 0.4) is 0 Å². The molecule has 1 aliphatic heterocycles. The van der Waals surface area contributed by atoms with Crippen molar-refractivity contribution in [3.63, 3.8) is 0 Å². The lowest BCUT2D eigenvalue weighted by Crippen LogP contribution is -2.38. The molecule has 4 rings (SSSR count). The Kier molecular flexibility index (Phi) is 6.06. The second-order valence-corrected chi connectivity index (χ2v) is 7.42. The van der Waals surface area contributed by atoms with Crippen molar-refractivity contribution in [2.24, 2.45) is 0 Å². The van der Waals surface area contributed by atoms with E-state index in [4.69, 9.17) is 9.47 Å². The highest BCUT2D eigenvalue weighted by molar-refractivity contribution is 5.74. The van der Waals surface area contributed by atoms with Crippen LogP contribution in [0.1, 0.15) is 29.8 Å². The maximum Gasteiger partial charge on any atom is 0.315 e. The molecule has 1 aliphatic rings. The lowest BCUT2D eigenvalue weighted by molar-refractivity contribution is 0.171. The van der Waals surface area contributed by atoms with Crippen molar-refractivity contribution in [3.8, 4) is 17.2 Å². The average Bonchev–Trinajstić information content (AvgIpc) is 3.15. The number of carbonyl (C=O) groups is 1. The number of rotatable bonds is 6. The molecule has 0 bridgehead atoms. The summed E-state index contributed by atoms with van der Waals surface area (Å²) < 4.78 is 26.0. The van der Waals surface area contributed by atoms with Crippen molar-refractivity contribution < 1.29 is 18.7 Å². The van der Waals surface area contributed by atoms with Crippen LogP contribution >= 0.6 is 0 Å². The summed E-state index contributed by atoms with van der Waals surface area (Å²) in [6, 6.07) is 11.5. The standard InChI is InChI=1S/C23H25FN4O3/c1-15(20-14-26-28(16(20)2)19-6-4-18(24)5-7-19)27-23(29)25-10-9-17-3-8-21-22(13-17)31-12-11-30-21/h3-8,13-15H,9-12H2,1-2H3,(H2,25,27,29). The van der Waals surface area contributed by atoms with Gasteiger partial charge in [-0.05, 0) is 62.2 Å². The molecule has 31 heavy (non-hydrogen) atoms. The van der Waals surface area contributed by atoms with Crippen LogP contribution in [0.5, 0.6) is 11.5 Å². The Morgan fingerprint density at radius 1 is 1.16 bits per heavy atom. The van der Waals surface area contributed by atoms with E-state index in [2.05, 4.69) is 15.7 Å². The molecule has 162 valence electrons. The van der Waals surface area contributed by atoms with Gasteiger partial charge in [0.05, 0.1) is 17.9 Å². The number of ether oxygens (including phenoxy) is 2. The van der Waals surface area contributed by atoms with Crippen molar-refractivity contribution in [3.05, 3.63) is 71.3 Å². The largest absolute Gasteiger partial charge is 0.486 e. The maximum atomic E-state index is 13.2. The molecule has 3 aromatic rings. The van der Waals surface area contributed by atoms with Gasteiger partial charge in [0.2, 0.25) is 0 Å². The van der Waals surface area contributed by atoms with E-state index in [-0.39, 0.29) is 17.9 Å². The molecule has 2 N–H and O–H groups in total. The Morgan fingerprint density at radius 3 is 2.68 bits per heavy atom. The summed E-state index contributed by atoms with van der Waals surface area (Å²) in [6.07, 6.45) is 2.40. The smallest absolute Gasteiger partial charge is 0.315 e. The van der Waals surface area contributed by atoms with Gasteiger partial charge >= 0.3 is 6.03 Å². The van der Waals surface area contributed by atoms with Crippen LogP contribution in [0.2, 0.25) is 0 Å². The third-order valence-electron chi connectivity index (χ3n) is 5.24. The van der Waals surface area contributed by atoms with Gasteiger partial charge in [-0.1, -0.05) is 6.07 Å². The minimum Gasteiger partial charge on any atom is -0.486 e. The lowest BCUT2D eigenvalue weighted by atomic mass is 10.1. The van der Waals surface area contributed by atoms with Crippen LogP contribution in [0, 0.1) is 12.7 Å². The first-order chi connectivity index (χ1) is 15.0. The van der Waals surface area contributed by atoms with E-state index in [0.29, 0.717) is 26.2 Å². The van der Waals surface area contributed by atoms with E-state index < -0.39 is 0 Å². The molecule has 0 saturated carbocycles. The number of urea groups is 1. The Balaban J connectivity index is 1.30. The molecule has 2 aromatic carbocycles. The van der Waals surface area contributed by atoms with Crippen LogP contribution in [0.15, 0.2) is 48.7 Å². The number of nitrogens with zero attached hydrogens (tertiary/aromatic N) is 2. The Bertz CT molecular complexity index is 1070. The summed E-state index contributed by atoms with van der Waals surface area (Å²) in [5.74, 6) is 1.21. The zero-order valence-corrected chi connectivity index (χ0v) is 17.5. The van der Waals surface area contributed by atoms with E-state index in [9.17, 15) is 9.18 Å². The predicted octanol–water partition coefficient (Wildman–Crippen LogP) is 3.69. The first-order valence-corrected chi connectivity index (χ1v) is 10.2. The molecule has 0 saturated heterocycles. The topological polar surface area (TPSA) is 77.4 Å². The van der Waals surface area contributed by atoms with Crippen LogP contribution in [0.25, 0.3) is 5.69 Å². The minimum absolute atomic E-state index is 0.233. The number of aromatic nitrogens is 2. The fourth-order valence-electron chi connectivity index (χ4n) is 3.58. The fraction of sp³-hybridized carbons (Fsp3) is 0.304. The number of carbonyl (C=O) groups excluding carboxylic acids is 1. The van der Waals surface area contributed by atoms with Gasteiger partial charge in [-0.25, -0.2) is 13.9 Å². The summed E-state index contributed by atoms with van der Waals surface area (Å²) in [5, 5.41) is 10.2. The number of nitrogens with one attached hydrogen (secondary N) is 2. The molecule has 0 aliphatic carbocycles. The molecular formula is C23H25FN4O3. The molecule has 1 atom stereocenters. The molecule has 0 spiro atoms. The number of amides is 2.